The summed E-state index contributed by atoms with van der Waals surface area (Å²) in [6, 6.07) is 1.91. The van der Waals surface area contributed by atoms with Gasteiger partial charge in [0.25, 0.3) is 0 Å². The van der Waals surface area contributed by atoms with Crippen LogP contribution in [0.25, 0.3) is 0 Å². The fraction of sp³-hybridized carbons (Fsp3) is 0.545. The molecular formula is C11H17BrN4. The van der Waals surface area contributed by atoms with Crippen LogP contribution in [0.4, 0.5) is 11.5 Å². The fourth-order valence-corrected chi connectivity index (χ4v) is 2.57. The Kier molecular flexibility index (Phi) is 3.66. The Labute approximate surface area is 105 Å². The van der Waals surface area contributed by atoms with Crippen molar-refractivity contribution in [3.8, 4) is 0 Å². The first-order chi connectivity index (χ1) is 7.70. The van der Waals surface area contributed by atoms with Crippen LogP contribution in [0.15, 0.2) is 16.7 Å². The third kappa shape index (κ3) is 2.47. The number of anilines is 2. The number of nitrogens with two attached hydrogens (primary N) is 1. The molecule has 0 bridgehead atoms. The van der Waals surface area contributed by atoms with Crippen LogP contribution in [-0.2, 0) is 0 Å². The number of pyridine rings is 1. The summed E-state index contributed by atoms with van der Waals surface area (Å²) in [6.07, 6.45) is 1.71. The molecule has 2 rings (SSSR count). The lowest BCUT2D eigenvalue weighted by Crippen LogP contribution is -2.46. The predicted octanol–water partition coefficient (Wildman–Crippen LogP) is 1.57. The molecule has 2 heterocycles. The van der Waals surface area contributed by atoms with Gasteiger partial charge in [-0.25, -0.2) is 4.98 Å². The minimum atomic E-state index is 0.697. The molecule has 0 aliphatic carbocycles. The second-order valence-electron chi connectivity index (χ2n) is 4.00. The molecule has 1 aliphatic rings. The van der Waals surface area contributed by atoms with Crippen molar-refractivity contribution >= 4 is 27.4 Å². The third-order valence-corrected chi connectivity index (χ3v) is 3.55. The van der Waals surface area contributed by atoms with Gasteiger partial charge in [0.15, 0.2) is 0 Å². The normalized spacial score (nSPS) is 17.8. The molecule has 1 fully saturated rings. The molecule has 1 aromatic rings. The minimum Gasteiger partial charge on any atom is -0.397 e. The van der Waals surface area contributed by atoms with Gasteiger partial charge in [0.1, 0.15) is 5.82 Å². The quantitative estimate of drug-likeness (QED) is 0.896. The van der Waals surface area contributed by atoms with Crippen molar-refractivity contribution in [2.75, 3.05) is 43.4 Å². The van der Waals surface area contributed by atoms with Crippen LogP contribution in [0, 0.1) is 0 Å². The summed E-state index contributed by atoms with van der Waals surface area (Å²) in [5, 5.41) is 0. The van der Waals surface area contributed by atoms with E-state index < -0.39 is 0 Å². The molecule has 2 N–H and O–H groups in total. The molecule has 0 spiro atoms. The zero-order chi connectivity index (χ0) is 11.5. The van der Waals surface area contributed by atoms with Crippen molar-refractivity contribution in [3.05, 3.63) is 16.7 Å². The molecule has 1 aromatic heterocycles. The van der Waals surface area contributed by atoms with Crippen LogP contribution >= 0.6 is 15.9 Å². The van der Waals surface area contributed by atoms with Gasteiger partial charge in [-0.05, 0) is 28.5 Å². The lowest BCUT2D eigenvalue weighted by Gasteiger charge is -2.35. The summed E-state index contributed by atoms with van der Waals surface area (Å²) in [5.41, 5.74) is 6.38. The van der Waals surface area contributed by atoms with E-state index in [4.69, 9.17) is 5.73 Å². The van der Waals surface area contributed by atoms with Gasteiger partial charge in [-0.3, -0.25) is 0 Å². The lowest BCUT2D eigenvalue weighted by molar-refractivity contribution is 0.270. The second-order valence-corrected chi connectivity index (χ2v) is 4.85. The summed E-state index contributed by atoms with van der Waals surface area (Å²) in [4.78, 5) is 9.14. The number of halogens is 1. The topological polar surface area (TPSA) is 45.4 Å². The molecule has 4 nitrogen and oxygen atoms in total. The number of aromatic nitrogens is 1. The first-order valence-electron chi connectivity index (χ1n) is 5.59. The number of piperazine rings is 1. The van der Waals surface area contributed by atoms with Crippen molar-refractivity contribution in [2.45, 2.75) is 6.92 Å². The van der Waals surface area contributed by atoms with Gasteiger partial charge in [0.2, 0.25) is 0 Å². The van der Waals surface area contributed by atoms with Crippen LogP contribution in [0.1, 0.15) is 6.92 Å². The maximum Gasteiger partial charge on any atom is 0.143 e. The molecule has 0 aromatic carbocycles. The summed E-state index contributed by atoms with van der Waals surface area (Å²) in [7, 11) is 0. The van der Waals surface area contributed by atoms with Crippen LogP contribution in [0.3, 0.4) is 0 Å². The highest BCUT2D eigenvalue weighted by atomic mass is 79.9. The summed E-state index contributed by atoms with van der Waals surface area (Å²) in [6.45, 7) is 7.61. The molecule has 0 radical (unpaired) electrons. The number of rotatable bonds is 2. The van der Waals surface area contributed by atoms with E-state index in [9.17, 15) is 0 Å². The number of hydrogen-bond donors (Lipinski definition) is 1. The Morgan fingerprint density at radius 1 is 1.38 bits per heavy atom. The molecule has 1 saturated heterocycles. The fourth-order valence-electron chi connectivity index (χ4n) is 1.95. The zero-order valence-electron chi connectivity index (χ0n) is 9.49. The average molecular weight is 285 g/mol. The lowest BCUT2D eigenvalue weighted by atomic mass is 10.3. The van der Waals surface area contributed by atoms with E-state index in [1.165, 1.54) is 0 Å². The van der Waals surface area contributed by atoms with E-state index in [0.717, 1.165) is 43.0 Å². The zero-order valence-corrected chi connectivity index (χ0v) is 11.1. The number of nitrogens with zero attached hydrogens (tertiary/aromatic N) is 3. The van der Waals surface area contributed by atoms with E-state index in [-0.39, 0.29) is 0 Å². The predicted molar refractivity (Wildman–Crippen MR) is 70.7 cm³/mol. The molecule has 88 valence electrons. The molecular weight excluding hydrogens is 268 g/mol. The molecule has 16 heavy (non-hydrogen) atoms. The Morgan fingerprint density at radius 2 is 2.06 bits per heavy atom. The second kappa shape index (κ2) is 5.01. The number of hydrogen-bond acceptors (Lipinski definition) is 4. The van der Waals surface area contributed by atoms with Gasteiger partial charge in [-0.2, -0.15) is 0 Å². The van der Waals surface area contributed by atoms with Gasteiger partial charge in [-0.15, -0.1) is 0 Å². The highest BCUT2D eigenvalue weighted by molar-refractivity contribution is 9.10. The molecule has 0 atom stereocenters. The minimum absolute atomic E-state index is 0.697. The van der Waals surface area contributed by atoms with E-state index in [2.05, 4.69) is 37.6 Å². The van der Waals surface area contributed by atoms with Gasteiger partial charge < -0.3 is 15.5 Å². The molecule has 0 amide bonds. The SMILES string of the molecule is CCN1CCN(c2ncc(N)cc2Br)CC1. The first kappa shape index (κ1) is 11.7. The van der Waals surface area contributed by atoms with E-state index in [1.807, 2.05) is 6.07 Å². The van der Waals surface area contributed by atoms with Crippen LogP contribution in [-0.4, -0.2) is 42.6 Å². The Hall–Kier alpha value is -0.810. The maximum absolute atomic E-state index is 5.68. The standard InChI is InChI=1S/C11H17BrN4/c1-2-15-3-5-16(6-4-15)11-10(12)7-9(13)8-14-11/h7-8H,2-6,13H2,1H3. The molecule has 5 heteroatoms. The number of likely N-dealkylation sites (N-methyl/N-ethyl adjacent to an activating group) is 1. The molecule has 1 aliphatic heterocycles. The first-order valence-corrected chi connectivity index (χ1v) is 6.38. The molecule has 0 saturated carbocycles. The summed E-state index contributed by atoms with van der Waals surface area (Å²) in [5.74, 6) is 1.00. The van der Waals surface area contributed by atoms with Crippen molar-refractivity contribution < 1.29 is 0 Å². The van der Waals surface area contributed by atoms with Gasteiger partial charge in [-0.1, -0.05) is 6.92 Å². The van der Waals surface area contributed by atoms with Crippen LogP contribution in [0.5, 0.6) is 0 Å². The van der Waals surface area contributed by atoms with Crippen molar-refractivity contribution in [2.24, 2.45) is 0 Å². The summed E-state index contributed by atoms with van der Waals surface area (Å²) >= 11 is 3.52. The highest BCUT2D eigenvalue weighted by Crippen LogP contribution is 2.26. The average Bonchev–Trinajstić information content (AvgIpc) is 2.29. The van der Waals surface area contributed by atoms with Crippen LogP contribution < -0.4 is 10.6 Å². The van der Waals surface area contributed by atoms with Gasteiger partial charge in [0.05, 0.1) is 16.4 Å². The third-order valence-electron chi connectivity index (χ3n) is 2.96. The van der Waals surface area contributed by atoms with Crippen LogP contribution in [0.2, 0.25) is 0 Å². The largest absolute Gasteiger partial charge is 0.397 e. The van der Waals surface area contributed by atoms with Crippen molar-refractivity contribution in [1.82, 2.24) is 9.88 Å². The molecule has 0 unspecified atom stereocenters. The van der Waals surface area contributed by atoms with E-state index in [1.54, 1.807) is 6.20 Å². The number of nitrogen functional groups attached to an aromatic ring is 1. The van der Waals surface area contributed by atoms with Gasteiger partial charge >= 0.3 is 0 Å². The summed E-state index contributed by atoms with van der Waals surface area (Å²) < 4.78 is 0.984. The van der Waals surface area contributed by atoms with E-state index >= 15 is 0 Å². The van der Waals surface area contributed by atoms with E-state index in [0.29, 0.717) is 5.69 Å². The highest BCUT2D eigenvalue weighted by Gasteiger charge is 2.18. The van der Waals surface area contributed by atoms with Crippen molar-refractivity contribution in [1.29, 1.82) is 0 Å². The van der Waals surface area contributed by atoms with Crippen molar-refractivity contribution in [3.63, 3.8) is 0 Å². The smallest absolute Gasteiger partial charge is 0.143 e. The monoisotopic (exact) mass is 284 g/mol. The Morgan fingerprint density at radius 3 is 2.62 bits per heavy atom. The van der Waals surface area contributed by atoms with Gasteiger partial charge in [0, 0.05) is 26.2 Å². The Bertz CT molecular complexity index is 361. The maximum atomic E-state index is 5.68. The Balaban J connectivity index is 2.08.